The van der Waals surface area contributed by atoms with E-state index in [-0.39, 0.29) is 39.5 Å². The highest BCUT2D eigenvalue weighted by molar-refractivity contribution is 5.80. The third-order valence-electron chi connectivity index (χ3n) is 17.9. The number of hydrogen-bond acceptors (Lipinski definition) is 18. The second-order valence-corrected chi connectivity index (χ2v) is 24.4. The summed E-state index contributed by atoms with van der Waals surface area (Å²) in [7, 11) is 0. The second-order valence-electron chi connectivity index (χ2n) is 24.4. The van der Waals surface area contributed by atoms with Crippen molar-refractivity contribution in [3.05, 3.63) is 130 Å². The summed E-state index contributed by atoms with van der Waals surface area (Å²) in [5.74, 6) is 2.93. The topological polar surface area (TPSA) is 319 Å². The molecule has 4 fully saturated rings. The molecule has 4 aliphatic carbocycles. The van der Waals surface area contributed by atoms with Gasteiger partial charge in [0.2, 0.25) is 0 Å². The van der Waals surface area contributed by atoms with Crippen LogP contribution in [0.3, 0.4) is 0 Å². The molecule has 6 N–H and O–H groups in total. The lowest BCUT2D eigenvalue weighted by Gasteiger charge is -2.33. The van der Waals surface area contributed by atoms with Gasteiger partial charge in [-0.2, -0.15) is 45.9 Å². The van der Waals surface area contributed by atoms with Crippen molar-refractivity contribution < 1.29 is 30.6 Å². The summed E-state index contributed by atoms with van der Waals surface area (Å²) in [4.78, 5) is 14.7. The van der Waals surface area contributed by atoms with Gasteiger partial charge in [0.1, 0.15) is 0 Å². The van der Waals surface area contributed by atoms with Gasteiger partial charge in [0.05, 0.1) is 201 Å². The van der Waals surface area contributed by atoms with Gasteiger partial charge in [0, 0.05) is 70.6 Å². The summed E-state index contributed by atoms with van der Waals surface area (Å²) >= 11 is 0. The zero-order chi connectivity index (χ0) is 61.6. The lowest BCUT2D eigenvalue weighted by molar-refractivity contribution is 0.0782. The van der Waals surface area contributed by atoms with Crippen LogP contribution in [-0.4, -0.2) is 172 Å². The van der Waals surface area contributed by atoms with Gasteiger partial charge < -0.3 is 30.6 Å². The maximum absolute atomic E-state index is 9.68. The summed E-state index contributed by atoms with van der Waals surface area (Å²) in [6.45, 7) is 3.94. The van der Waals surface area contributed by atoms with Crippen molar-refractivity contribution in [2.24, 2.45) is 23.7 Å². The molecule has 0 aromatic carbocycles. The van der Waals surface area contributed by atoms with E-state index >= 15 is 0 Å². The molecule has 5 atom stereocenters. The number of rotatable bonds is 22. The highest BCUT2D eigenvalue weighted by Gasteiger charge is 2.43. The van der Waals surface area contributed by atoms with Gasteiger partial charge in [0.25, 0.3) is 0 Å². The van der Waals surface area contributed by atoms with Crippen LogP contribution in [0, 0.1) is 23.7 Å². The first-order valence-corrected chi connectivity index (χ1v) is 31.1. The van der Waals surface area contributed by atoms with E-state index in [2.05, 4.69) is 87.3 Å². The Morgan fingerprint density at radius 1 is 0.433 bits per heavy atom. The minimum absolute atomic E-state index is 0.187. The number of aliphatic hydroxyl groups excluding tert-OH is 6. The second kappa shape index (κ2) is 25.0. The first-order chi connectivity index (χ1) is 44.0. The predicted molar refractivity (Wildman–Crippen MR) is 330 cm³/mol. The number of nitrogens with zero attached hydrogens (tertiary/aromatic N) is 21. The molecule has 4 saturated carbocycles. The SMILES string of the molecule is CCC(C1CC1)n1cc(-c2nc(-c3cnn(C(CO)CO)c3)cn3nccc23)cn1.C[C@@H]1CC[C@@H]1n1cc(-c2nc(-c3cnn(C[C@@H](O)CO)c3)cn3nccc23)cn1.OC[C@H](O)Cn1cc(-c2cn3nccc3c(-c3cnn(C(C4CC4)C4CC4)c3)n2)cn1. The van der Waals surface area contributed by atoms with E-state index in [0.717, 1.165) is 109 Å². The Kier molecular flexibility index (Phi) is 16.3. The third kappa shape index (κ3) is 12.1. The smallest absolute Gasteiger partial charge is 0.0999 e. The molecule has 466 valence electrons. The van der Waals surface area contributed by atoms with Crippen LogP contribution in [0.4, 0.5) is 0 Å². The molecular formula is C63H73N21O6. The zero-order valence-corrected chi connectivity index (χ0v) is 50.1. The minimum atomic E-state index is -0.848. The number of aliphatic hydroxyl groups is 6. The maximum Gasteiger partial charge on any atom is 0.0999 e. The minimum Gasteiger partial charge on any atom is -0.394 e. The van der Waals surface area contributed by atoms with Crippen molar-refractivity contribution in [1.82, 2.24) is 102 Å². The van der Waals surface area contributed by atoms with Gasteiger partial charge in [-0.05, 0) is 99.7 Å². The van der Waals surface area contributed by atoms with Gasteiger partial charge in [-0.25, -0.2) is 28.5 Å². The molecule has 0 radical (unpaired) electrons. The molecule has 1 unspecified atom stereocenters. The van der Waals surface area contributed by atoms with E-state index in [1.165, 1.54) is 44.9 Å². The highest BCUT2D eigenvalue weighted by Crippen LogP contribution is 2.52. The van der Waals surface area contributed by atoms with Gasteiger partial charge >= 0.3 is 0 Å². The molecule has 4 aliphatic rings. The molecule has 12 aromatic heterocycles. The average Bonchev–Trinajstić information content (AvgIpc) is 1.67. The number of fused-ring (bicyclic) bond motifs is 3. The molecule has 90 heavy (non-hydrogen) atoms. The van der Waals surface area contributed by atoms with Gasteiger partial charge in [0.15, 0.2) is 0 Å². The van der Waals surface area contributed by atoms with Crippen molar-refractivity contribution in [3.63, 3.8) is 0 Å². The van der Waals surface area contributed by atoms with Crippen LogP contribution in [0.15, 0.2) is 130 Å². The Morgan fingerprint density at radius 2 is 0.856 bits per heavy atom. The van der Waals surface area contributed by atoms with E-state index < -0.39 is 18.2 Å². The predicted octanol–water partition coefficient (Wildman–Crippen LogP) is 6.29. The normalized spacial score (nSPS) is 17.7. The molecule has 0 saturated heterocycles. The van der Waals surface area contributed by atoms with E-state index in [4.69, 9.17) is 30.3 Å². The fourth-order valence-electron chi connectivity index (χ4n) is 12.3. The van der Waals surface area contributed by atoms with Crippen LogP contribution < -0.4 is 0 Å². The van der Waals surface area contributed by atoms with E-state index in [1.54, 1.807) is 72.7 Å². The van der Waals surface area contributed by atoms with Crippen LogP contribution in [0.5, 0.6) is 0 Å². The Labute approximate surface area is 516 Å². The molecule has 0 aliphatic heterocycles. The monoisotopic (exact) mass is 1220 g/mol. The lowest BCUT2D eigenvalue weighted by atomic mass is 9.81. The summed E-state index contributed by atoms with van der Waals surface area (Å²) in [6.07, 6.45) is 42.9. The van der Waals surface area contributed by atoms with Crippen molar-refractivity contribution in [2.75, 3.05) is 26.4 Å². The zero-order valence-electron chi connectivity index (χ0n) is 50.1. The van der Waals surface area contributed by atoms with E-state index in [9.17, 15) is 20.4 Å². The maximum atomic E-state index is 9.68. The van der Waals surface area contributed by atoms with Crippen LogP contribution in [0.1, 0.15) is 95.8 Å². The summed E-state index contributed by atoms with van der Waals surface area (Å²) < 4.78 is 16.5. The summed E-state index contributed by atoms with van der Waals surface area (Å²) in [5, 5.41) is 96.3. The van der Waals surface area contributed by atoms with Crippen molar-refractivity contribution in [3.8, 4) is 67.5 Å². The fourth-order valence-corrected chi connectivity index (χ4v) is 12.3. The van der Waals surface area contributed by atoms with Crippen LogP contribution in [-0.2, 0) is 13.1 Å². The molecule has 12 aromatic rings. The molecule has 0 amide bonds. The molecule has 16 rings (SSSR count). The summed E-state index contributed by atoms with van der Waals surface area (Å²) in [5.41, 5.74) is 12.7. The quantitative estimate of drug-likeness (QED) is 0.0434. The summed E-state index contributed by atoms with van der Waals surface area (Å²) in [6, 6.07) is 6.80. The Bertz CT molecular complexity index is 4380. The van der Waals surface area contributed by atoms with Crippen molar-refractivity contribution in [1.29, 1.82) is 0 Å². The first-order valence-electron chi connectivity index (χ1n) is 31.1. The Balaban J connectivity index is 0.000000118. The average molecular weight is 1220 g/mol. The van der Waals surface area contributed by atoms with Crippen LogP contribution >= 0.6 is 0 Å². The van der Waals surface area contributed by atoms with Gasteiger partial charge in [-0.3, -0.25) is 28.1 Å². The van der Waals surface area contributed by atoms with Crippen molar-refractivity contribution in [2.45, 2.75) is 121 Å². The van der Waals surface area contributed by atoms with Crippen LogP contribution in [0.2, 0.25) is 0 Å². The molecule has 0 spiro atoms. The molecule has 27 nitrogen and oxygen atoms in total. The van der Waals surface area contributed by atoms with Gasteiger partial charge in [-0.1, -0.05) is 13.8 Å². The number of aromatic nitrogens is 21. The standard InChI is InChI=1S/C22H25N7O2.C21H25N7O2.C20H23N7O2/c30-13-18(31)11-27-9-16(7-24-27)19-12-28-20(5-6-23-28)21(26-19)17-8-25-29(10-17)22(14-1-2-14)15-3-4-15;1-2-19(14-3-4-14)27-10-16(8-24-27)21-20-5-6-22-28(20)11-18(25-21)15-7-23-26(9-15)17(12-29)13-30;1-13-2-3-18(13)26-9-15(7-23-26)20-19-4-5-21-27(19)11-17(24-20)14-6-22-25(8-14)10-16(29)12-28/h5-10,12,14-15,18,22,30-31H,1-4,11,13H2;5-11,14,17,19,29-30H,2-4,12-13H2,1H3;4-9,11,13,16,18,28-29H,2-3,10,12H2,1H3/t18-;;13-,16-,18+/m1.1/s1. The molecular weight excluding hydrogens is 1150 g/mol. The fraction of sp³-hybridized carbons (Fsp3) is 0.429. The lowest BCUT2D eigenvalue weighted by Crippen LogP contribution is -2.26. The largest absolute Gasteiger partial charge is 0.394 e. The molecule has 0 bridgehead atoms. The molecule has 27 heteroatoms. The number of hydrogen-bond donors (Lipinski definition) is 6. The highest BCUT2D eigenvalue weighted by atomic mass is 16.3. The Hall–Kier alpha value is -9.12. The van der Waals surface area contributed by atoms with Crippen LogP contribution in [0.25, 0.3) is 84.1 Å². The van der Waals surface area contributed by atoms with Gasteiger partial charge in [-0.15, -0.1) is 0 Å². The van der Waals surface area contributed by atoms with Crippen molar-refractivity contribution >= 4 is 16.6 Å². The first kappa shape index (κ1) is 58.6. The van der Waals surface area contributed by atoms with E-state index in [0.29, 0.717) is 29.7 Å². The third-order valence-corrected chi connectivity index (χ3v) is 17.9. The Morgan fingerprint density at radius 3 is 1.30 bits per heavy atom. The van der Waals surface area contributed by atoms with E-state index in [1.807, 2.05) is 66.1 Å². The molecule has 12 heterocycles.